The highest BCUT2D eigenvalue weighted by molar-refractivity contribution is 9.10. The molecule has 0 spiro atoms. The van der Waals surface area contributed by atoms with E-state index in [0.29, 0.717) is 40.7 Å². The van der Waals surface area contributed by atoms with Crippen LogP contribution >= 0.6 is 15.9 Å². The summed E-state index contributed by atoms with van der Waals surface area (Å²) in [7, 11) is 2.20. The number of nitrogens with one attached hydrogen (secondary N) is 1. The van der Waals surface area contributed by atoms with Gasteiger partial charge in [-0.25, -0.2) is 19.0 Å². The summed E-state index contributed by atoms with van der Waals surface area (Å²) in [5.74, 6) is 0.0284. The Morgan fingerprint density at radius 3 is 2.41 bits per heavy atom. The van der Waals surface area contributed by atoms with Gasteiger partial charge in [-0.3, -0.25) is 4.90 Å². The van der Waals surface area contributed by atoms with Gasteiger partial charge in [0.25, 0.3) is 0 Å². The second-order valence-corrected chi connectivity index (χ2v) is 11.6. The second-order valence-electron chi connectivity index (χ2n) is 10.7. The highest BCUT2D eigenvalue weighted by Crippen LogP contribution is 2.37. The van der Waals surface area contributed by atoms with Gasteiger partial charge in [-0.15, -0.1) is 0 Å². The van der Waals surface area contributed by atoms with Gasteiger partial charge in [-0.2, -0.15) is 5.10 Å². The molecule has 3 N–H and O–H groups in total. The molecule has 0 unspecified atom stereocenters. The fraction of sp³-hybridized carbons (Fsp3) is 0.414. The lowest BCUT2D eigenvalue weighted by Gasteiger charge is -2.41. The molecule has 0 radical (unpaired) electrons. The molecule has 1 saturated heterocycles. The fourth-order valence-corrected chi connectivity index (χ4v) is 6.18. The van der Waals surface area contributed by atoms with Crippen LogP contribution in [-0.4, -0.2) is 68.8 Å². The van der Waals surface area contributed by atoms with Crippen LogP contribution in [0.15, 0.2) is 53.3 Å². The number of nitrogens with two attached hydrogens (primary N) is 1. The zero-order chi connectivity index (χ0) is 26.9. The maximum Gasteiger partial charge on any atom is 0.164 e. The highest BCUT2D eigenvalue weighted by Gasteiger charge is 2.30. The van der Waals surface area contributed by atoms with E-state index in [0.717, 1.165) is 67.5 Å². The van der Waals surface area contributed by atoms with Gasteiger partial charge in [-0.05, 0) is 62.6 Å². The molecule has 204 valence electrons. The molecule has 0 atom stereocenters. The molecule has 3 heterocycles. The molecule has 4 aromatic rings. The molecule has 8 nitrogen and oxygen atoms in total. The van der Waals surface area contributed by atoms with Crippen molar-refractivity contribution in [3.63, 3.8) is 0 Å². The average Bonchev–Trinajstić information content (AvgIpc) is 3.35. The molecular formula is C29H34BrFN8. The Bertz CT molecular complexity index is 1440. The lowest BCUT2D eigenvalue weighted by Crippen LogP contribution is -2.49. The van der Waals surface area contributed by atoms with Gasteiger partial charge in [0.15, 0.2) is 5.65 Å². The Balaban J connectivity index is 1.22. The third kappa shape index (κ3) is 5.50. The summed E-state index contributed by atoms with van der Waals surface area (Å²) >= 11 is 3.44. The third-order valence-corrected chi connectivity index (χ3v) is 8.75. The fourth-order valence-electron chi connectivity index (χ4n) is 5.91. The predicted molar refractivity (Wildman–Crippen MR) is 157 cm³/mol. The van der Waals surface area contributed by atoms with Crippen molar-refractivity contribution in [2.45, 2.75) is 44.3 Å². The van der Waals surface area contributed by atoms with Crippen LogP contribution in [0, 0.1) is 5.82 Å². The number of aromatic nitrogens is 4. The smallest absolute Gasteiger partial charge is 0.164 e. The van der Waals surface area contributed by atoms with Crippen molar-refractivity contribution in [3.05, 3.63) is 64.6 Å². The number of benzene rings is 2. The van der Waals surface area contributed by atoms with Gasteiger partial charge in [0.1, 0.15) is 23.7 Å². The number of hydrogen-bond donors (Lipinski definition) is 2. The van der Waals surface area contributed by atoms with Crippen molar-refractivity contribution >= 4 is 38.5 Å². The molecule has 10 heteroatoms. The van der Waals surface area contributed by atoms with Gasteiger partial charge >= 0.3 is 0 Å². The quantitative estimate of drug-likeness (QED) is 0.313. The van der Waals surface area contributed by atoms with Crippen LogP contribution < -0.4 is 11.1 Å². The molecule has 1 aliphatic carbocycles. The first-order valence-corrected chi connectivity index (χ1v) is 14.4. The summed E-state index contributed by atoms with van der Waals surface area (Å²) in [6, 6.07) is 14.0. The van der Waals surface area contributed by atoms with Crippen molar-refractivity contribution in [3.8, 4) is 11.3 Å². The molecule has 2 aromatic heterocycles. The number of nitrogen functional groups attached to an aromatic ring is 1. The molecular weight excluding hydrogens is 559 g/mol. The Labute approximate surface area is 236 Å². The summed E-state index contributed by atoms with van der Waals surface area (Å²) < 4.78 is 18.3. The lowest BCUT2D eigenvalue weighted by atomic mass is 9.90. The van der Waals surface area contributed by atoms with Crippen molar-refractivity contribution in [1.29, 1.82) is 0 Å². The van der Waals surface area contributed by atoms with E-state index in [1.54, 1.807) is 6.07 Å². The van der Waals surface area contributed by atoms with E-state index in [4.69, 9.17) is 10.8 Å². The maximum atomic E-state index is 15.2. The van der Waals surface area contributed by atoms with Crippen LogP contribution in [0.1, 0.15) is 37.3 Å². The number of nitrogens with zero attached hydrogens (tertiary/aromatic N) is 6. The van der Waals surface area contributed by atoms with Gasteiger partial charge in [0.05, 0.1) is 17.1 Å². The molecule has 1 aliphatic heterocycles. The van der Waals surface area contributed by atoms with Crippen molar-refractivity contribution in [2.75, 3.05) is 44.3 Å². The Morgan fingerprint density at radius 2 is 1.69 bits per heavy atom. The molecule has 6 rings (SSSR count). The molecule has 1 saturated carbocycles. The summed E-state index contributed by atoms with van der Waals surface area (Å²) in [5, 5.41) is 8.87. The lowest BCUT2D eigenvalue weighted by molar-refractivity contribution is 0.0815. The van der Waals surface area contributed by atoms with Gasteiger partial charge in [0.2, 0.25) is 0 Å². The minimum absolute atomic E-state index is 0.232. The maximum absolute atomic E-state index is 15.2. The van der Waals surface area contributed by atoms with Crippen LogP contribution in [0.3, 0.4) is 0 Å². The molecule has 2 aromatic carbocycles. The van der Waals surface area contributed by atoms with E-state index in [9.17, 15) is 0 Å². The number of anilines is 2. The van der Waals surface area contributed by atoms with Gasteiger partial charge in [0, 0.05) is 48.8 Å². The van der Waals surface area contributed by atoms with Crippen molar-refractivity contribution in [1.82, 2.24) is 29.5 Å². The van der Waals surface area contributed by atoms with Crippen LogP contribution in [0.5, 0.6) is 0 Å². The summed E-state index contributed by atoms with van der Waals surface area (Å²) in [4.78, 5) is 13.9. The Kier molecular flexibility index (Phi) is 7.51. The largest absolute Gasteiger partial charge is 0.383 e. The third-order valence-electron chi connectivity index (χ3n) is 8.22. The predicted octanol–water partition coefficient (Wildman–Crippen LogP) is 5.32. The molecule has 2 aliphatic rings. The van der Waals surface area contributed by atoms with E-state index in [2.05, 4.69) is 48.1 Å². The number of likely N-dealkylation sites (N-methyl/N-ethyl adjacent to an activating group) is 1. The highest BCUT2D eigenvalue weighted by atomic mass is 79.9. The number of rotatable bonds is 6. The van der Waals surface area contributed by atoms with Crippen molar-refractivity contribution in [2.24, 2.45) is 0 Å². The normalized spacial score (nSPS) is 20.9. The molecule has 2 fully saturated rings. The van der Waals surface area contributed by atoms with Crippen LogP contribution in [0.2, 0.25) is 0 Å². The van der Waals surface area contributed by atoms with Gasteiger partial charge in [-0.1, -0.05) is 34.1 Å². The standard InChI is InChI=1S/C29H34BrFN8/c1-37-12-14-38(15-13-37)22-7-9-23(10-8-22)39-29-26(28(32)34-18-35-29)27(36-39)20-4-11-25(24(31)16-20)33-17-19-2-5-21(30)6-3-19/h2-6,11,16,18,22-23,33H,7-10,12-15,17H2,1H3,(H2,32,34,35)/t22-,23+. The Morgan fingerprint density at radius 1 is 0.974 bits per heavy atom. The van der Waals surface area contributed by atoms with Crippen molar-refractivity contribution < 1.29 is 4.39 Å². The second kappa shape index (κ2) is 11.2. The first kappa shape index (κ1) is 26.2. The molecule has 0 amide bonds. The topological polar surface area (TPSA) is 88.1 Å². The zero-order valence-electron chi connectivity index (χ0n) is 22.2. The number of piperazine rings is 1. The Hall–Kier alpha value is -3.08. The first-order valence-electron chi connectivity index (χ1n) is 13.7. The number of fused-ring (bicyclic) bond motifs is 1. The van der Waals surface area contributed by atoms with Crippen LogP contribution in [0.4, 0.5) is 15.9 Å². The van der Waals surface area contributed by atoms with E-state index in [-0.39, 0.29) is 11.9 Å². The summed E-state index contributed by atoms with van der Waals surface area (Å²) in [5.41, 5.74) is 9.86. The van der Waals surface area contributed by atoms with Crippen LogP contribution in [-0.2, 0) is 6.54 Å². The van der Waals surface area contributed by atoms with E-state index in [1.807, 2.05) is 35.0 Å². The zero-order valence-corrected chi connectivity index (χ0v) is 23.7. The van der Waals surface area contributed by atoms with Gasteiger partial charge < -0.3 is 16.0 Å². The minimum atomic E-state index is -0.338. The average molecular weight is 594 g/mol. The molecule has 39 heavy (non-hydrogen) atoms. The summed E-state index contributed by atoms with van der Waals surface area (Å²) in [6.45, 7) is 5.09. The number of hydrogen-bond acceptors (Lipinski definition) is 7. The van der Waals surface area contributed by atoms with E-state index >= 15 is 4.39 Å². The van der Waals surface area contributed by atoms with Crippen LogP contribution in [0.25, 0.3) is 22.3 Å². The van der Waals surface area contributed by atoms with E-state index < -0.39 is 0 Å². The van der Waals surface area contributed by atoms with E-state index in [1.165, 1.54) is 12.4 Å². The monoisotopic (exact) mass is 592 g/mol. The number of halogens is 2. The minimum Gasteiger partial charge on any atom is -0.383 e. The first-order chi connectivity index (χ1) is 19.0. The molecule has 0 bridgehead atoms. The summed E-state index contributed by atoms with van der Waals surface area (Å²) in [6.07, 6.45) is 5.83. The SMILES string of the molecule is CN1CCN([C@H]2CC[C@@H](n3nc(-c4ccc(NCc5ccc(Br)cc5)c(F)c4)c4c(N)ncnc43)CC2)CC1.